The van der Waals surface area contributed by atoms with E-state index in [0.29, 0.717) is 16.4 Å². The molecule has 1 aliphatic carbocycles. The third-order valence-electron chi connectivity index (χ3n) is 2.68. The van der Waals surface area contributed by atoms with E-state index in [2.05, 4.69) is 0 Å². The highest BCUT2D eigenvalue weighted by Crippen LogP contribution is 2.41. The van der Waals surface area contributed by atoms with Gasteiger partial charge in [-0.2, -0.15) is 0 Å². The summed E-state index contributed by atoms with van der Waals surface area (Å²) in [5.74, 6) is 0.602. The molecule has 2 rings (SSSR count). The van der Waals surface area contributed by atoms with Gasteiger partial charge in [-0.15, -0.1) is 0 Å². The van der Waals surface area contributed by atoms with E-state index in [9.17, 15) is 0 Å². The second-order valence-corrected chi connectivity index (χ2v) is 4.29. The highest BCUT2D eigenvalue weighted by Gasteiger charge is 2.27. The minimum absolute atomic E-state index is 0.416. The lowest BCUT2D eigenvalue weighted by Crippen LogP contribution is -2.31. The summed E-state index contributed by atoms with van der Waals surface area (Å²) in [6, 6.07) is 3.63. The van der Waals surface area contributed by atoms with Crippen LogP contribution in [0.2, 0.25) is 5.02 Å². The minimum atomic E-state index is -1.47. The summed E-state index contributed by atoms with van der Waals surface area (Å²) in [4.78, 5) is 0. The molecule has 1 fully saturated rings. The molecule has 0 aromatic heterocycles. The first-order chi connectivity index (χ1) is 6.59. The van der Waals surface area contributed by atoms with Crippen LogP contribution in [-0.2, 0) is 0 Å². The van der Waals surface area contributed by atoms with Gasteiger partial charge >= 0.3 is 7.12 Å². The third kappa shape index (κ3) is 1.80. The Bertz CT molecular complexity index is 338. The van der Waals surface area contributed by atoms with Crippen molar-refractivity contribution in [1.29, 1.82) is 0 Å². The van der Waals surface area contributed by atoms with Crippen LogP contribution in [-0.4, -0.2) is 17.2 Å². The molecule has 0 radical (unpaired) electrons. The second-order valence-electron chi connectivity index (χ2n) is 3.88. The highest BCUT2D eigenvalue weighted by molar-refractivity contribution is 6.62. The van der Waals surface area contributed by atoms with Gasteiger partial charge in [-0.25, -0.2) is 0 Å². The fraction of sp³-hybridized carbons (Fsp3) is 0.400. The fourth-order valence-corrected chi connectivity index (χ4v) is 2.05. The summed E-state index contributed by atoms with van der Waals surface area (Å²) >= 11 is 5.90. The number of halogens is 1. The molecule has 0 atom stereocenters. The molecule has 2 nitrogen and oxygen atoms in total. The number of hydrogen-bond donors (Lipinski definition) is 2. The largest absolute Gasteiger partial charge is 0.489 e. The summed E-state index contributed by atoms with van der Waals surface area (Å²) in [7, 11) is -1.47. The van der Waals surface area contributed by atoms with Crippen LogP contribution < -0.4 is 5.46 Å². The van der Waals surface area contributed by atoms with Crippen LogP contribution in [0.25, 0.3) is 0 Å². The van der Waals surface area contributed by atoms with Crippen molar-refractivity contribution >= 4 is 24.2 Å². The molecular formula is C10H12BClO2. The van der Waals surface area contributed by atoms with Crippen LogP contribution in [0.3, 0.4) is 0 Å². The van der Waals surface area contributed by atoms with Crippen molar-refractivity contribution in [3.05, 3.63) is 28.3 Å². The maximum atomic E-state index is 9.09. The molecule has 0 aliphatic heterocycles. The van der Waals surface area contributed by atoms with Gasteiger partial charge < -0.3 is 10.0 Å². The van der Waals surface area contributed by atoms with E-state index in [1.807, 2.05) is 19.1 Å². The van der Waals surface area contributed by atoms with Gasteiger partial charge in [0, 0.05) is 10.5 Å². The van der Waals surface area contributed by atoms with E-state index >= 15 is 0 Å². The lowest BCUT2D eigenvalue weighted by Gasteiger charge is -2.09. The number of benzene rings is 1. The molecule has 0 saturated heterocycles. The maximum absolute atomic E-state index is 9.09. The van der Waals surface area contributed by atoms with Gasteiger partial charge in [0.25, 0.3) is 0 Å². The molecule has 1 aliphatic rings. The first-order valence-electron chi connectivity index (χ1n) is 4.75. The molecule has 0 heterocycles. The third-order valence-corrected chi connectivity index (χ3v) is 3.01. The van der Waals surface area contributed by atoms with Crippen molar-refractivity contribution in [2.75, 3.05) is 0 Å². The Hall–Kier alpha value is -0.505. The SMILES string of the molecule is Cc1cc(Cl)c(B(O)O)cc1C1CC1. The van der Waals surface area contributed by atoms with Crippen molar-refractivity contribution in [2.24, 2.45) is 0 Å². The normalized spacial score (nSPS) is 15.7. The van der Waals surface area contributed by atoms with E-state index in [1.165, 1.54) is 18.4 Å². The predicted octanol–water partition coefficient (Wildman–Crippen LogP) is 1.21. The standard InChI is InChI=1S/C10H12BClO2/c1-6-4-10(12)9(11(13)14)5-8(6)7-2-3-7/h4-5,7,13-14H,2-3H2,1H3. The predicted molar refractivity (Wildman–Crippen MR) is 58.0 cm³/mol. The number of rotatable bonds is 2. The van der Waals surface area contributed by atoms with Gasteiger partial charge in [0.05, 0.1) is 0 Å². The van der Waals surface area contributed by atoms with Gasteiger partial charge in [-0.05, 0) is 42.9 Å². The molecule has 1 aromatic rings. The van der Waals surface area contributed by atoms with Crippen LogP contribution >= 0.6 is 11.6 Å². The Morgan fingerprint density at radius 3 is 2.50 bits per heavy atom. The van der Waals surface area contributed by atoms with Gasteiger partial charge in [0.15, 0.2) is 0 Å². The van der Waals surface area contributed by atoms with E-state index < -0.39 is 7.12 Å². The average molecular weight is 210 g/mol. The molecular weight excluding hydrogens is 198 g/mol. The molecule has 1 saturated carbocycles. The zero-order valence-electron chi connectivity index (χ0n) is 8.00. The van der Waals surface area contributed by atoms with Crippen molar-refractivity contribution in [1.82, 2.24) is 0 Å². The summed E-state index contributed by atoms with van der Waals surface area (Å²) in [6.07, 6.45) is 2.40. The van der Waals surface area contributed by atoms with Gasteiger partial charge in [-0.1, -0.05) is 17.7 Å². The van der Waals surface area contributed by atoms with Gasteiger partial charge in [0.2, 0.25) is 0 Å². The van der Waals surface area contributed by atoms with E-state index in [1.54, 1.807) is 0 Å². The average Bonchev–Trinajstić information content (AvgIpc) is 2.86. The smallest absolute Gasteiger partial charge is 0.423 e. The van der Waals surface area contributed by atoms with E-state index in [4.69, 9.17) is 21.6 Å². The zero-order valence-corrected chi connectivity index (χ0v) is 8.75. The van der Waals surface area contributed by atoms with Gasteiger partial charge in [0.1, 0.15) is 0 Å². The monoisotopic (exact) mass is 210 g/mol. The molecule has 74 valence electrons. The summed E-state index contributed by atoms with van der Waals surface area (Å²) in [5, 5.41) is 18.6. The minimum Gasteiger partial charge on any atom is -0.423 e. The summed E-state index contributed by atoms with van der Waals surface area (Å²) < 4.78 is 0. The highest BCUT2D eigenvalue weighted by atomic mass is 35.5. The zero-order chi connectivity index (χ0) is 10.3. The maximum Gasteiger partial charge on any atom is 0.489 e. The fourth-order valence-electron chi connectivity index (χ4n) is 1.74. The lowest BCUT2D eigenvalue weighted by molar-refractivity contribution is 0.426. The van der Waals surface area contributed by atoms with E-state index in [0.717, 1.165) is 5.56 Å². The lowest BCUT2D eigenvalue weighted by atomic mass is 9.78. The molecule has 14 heavy (non-hydrogen) atoms. The molecule has 4 heteroatoms. The van der Waals surface area contributed by atoms with Crippen LogP contribution in [0.1, 0.15) is 29.9 Å². The molecule has 0 unspecified atom stereocenters. The number of aryl methyl sites for hydroxylation is 1. The van der Waals surface area contributed by atoms with Crippen LogP contribution in [0.4, 0.5) is 0 Å². The Morgan fingerprint density at radius 1 is 1.36 bits per heavy atom. The van der Waals surface area contributed by atoms with Crippen molar-refractivity contribution < 1.29 is 10.0 Å². The van der Waals surface area contributed by atoms with Crippen molar-refractivity contribution in [3.63, 3.8) is 0 Å². The Balaban J connectivity index is 2.45. The first-order valence-corrected chi connectivity index (χ1v) is 5.13. The van der Waals surface area contributed by atoms with Gasteiger partial charge in [-0.3, -0.25) is 0 Å². The van der Waals surface area contributed by atoms with Crippen LogP contribution in [0, 0.1) is 6.92 Å². The molecule has 0 bridgehead atoms. The topological polar surface area (TPSA) is 40.5 Å². The molecule has 1 aromatic carbocycles. The quantitative estimate of drug-likeness (QED) is 0.720. The number of hydrogen-bond acceptors (Lipinski definition) is 2. The van der Waals surface area contributed by atoms with Crippen LogP contribution in [0.5, 0.6) is 0 Å². The summed E-state index contributed by atoms with van der Waals surface area (Å²) in [5.41, 5.74) is 2.76. The van der Waals surface area contributed by atoms with E-state index in [-0.39, 0.29) is 0 Å². The molecule has 0 spiro atoms. The molecule has 0 amide bonds. The van der Waals surface area contributed by atoms with Crippen molar-refractivity contribution in [3.8, 4) is 0 Å². The molecule has 2 N–H and O–H groups in total. The van der Waals surface area contributed by atoms with Crippen molar-refractivity contribution in [2.45, 2.75) is 25.7 Å². The first kappa shape index (κ1) is 10.0. The Kier molecular flexibility index (Phi) is 2.56. The Morgan fingerprint density at radius 2 is 2.00 bits per heavy atom. The summed E-state index contributed by atoms with van der Waals surface area (Å²) in [6.45, 7) is 2.01. The second kappa shape index (κ2) is 3.57. The Labute approximate surface area is 88.7 Å². The van der Waals surface area contributed by atoms with Crippen LogP contribution in [0.15, 0.2) is 12.1 Å².